The zero-order valence-corrected chi connectivity index (χ0v) is 11.6. The molecular weight excluding hydrogens is 228 g/mol. The maximum atomic E-state index is 11.6. The molecule has 0 aromatic heterocycles. The van der Waals surface area contributed by atoms with E-state index in [0.717, 1.165) is 18.7 Å². The first kappa shape index (κ1) is 14.5. The summed E-state index contributed by atoms with van der Waals surface area (Å²) in [6.45, 7) is 2.65. The number of hydrogen-bond donors (Lipinski definition) is 1. The number of nitrogens with one attached hydrogen (secondary N) is 1. The van der Waals surface area contributed by atoms with Crippen LogP contribution in [-0.4, -0.2) is 44.6 Å². The molecule has 0 fully saturated rings. The molecule has 1 amide bonds. The highest BCUT2D eigenvalue weighted by Gasteiger charge is 2.13. The van der Waals surface area contributed by atoms with E-state index in [4.69, 9.17) is 4.74 Å². The summed E-state index contributed by atoms with van der Waals surface area (Å²) in [7, 11) is 5.19. The van der Waals surface area contributed by atoms with E-state index in [9.17, 15) is 4.79 Å². The lowest BCUT2D eigenvalue weighted by Crippen LogP contribution is -2.42. The average Bonchev–Trinajstić information content (AvgIpc) is 2.37. The Hall–Kier alpha value is -1.55. The third-order valence-electron chi connectivity index (χ3n) is 2.81. The summed E-state index contributed by atoms with van der Waals surface area (Å²) < 4.78 is 5.17. The van der Waals surface area contributed by atoms with Crippen molar-refractivity contribution in [2.75, 3.05) is 27.7 Å². The Kier molecular flexibility index (Phi) is 5.65. The minimum atomic E-state index is -0.148. The summed E-state index contributed by atoms with van der Waals surface area (Å²) in [5, 5.41) is 3.22. The van der Waals surface area contributed by atoms with Crippen LogP contribution in [0.3, 0.4) is 0 Å². The van der Waals surface area contributed by atoms with Crippen LogP contribution < -0.4 is 10.1 Å². The van der Waals surface area contributed by atoms with Gasteiger partial charge in [-0.1, -0.05) is 12.1 Å². The van der Waals surface area contributed by atoms with Gasteiger partial charge in [-0.3, -0.25) is 4.79 Å². The summed E-state index contributed by atoms with van der Waals surface area (Å²) >= 11 is 0. The molecule has 100 valence electrons. The largest absolute Gasteiger partial charge is 0.497 e. The second-order valence-electron chi connectivity index (χ2n) is 4.51. The number of carbonyl (C=O) groups is 1. The third kappa shape index (κ3) is 4.37. The van der Waals surface area contributed by atoms with Crippen molar-refractivity contribution >= 4 is 5.91 Å². The van der Waals surface area contributed by atoms with E-state index in [0.29, 0.717) is 0 Å². The fourth-order valence-corrected chi connectivity index (χ4v) is 1.74. The molecule has 0 spiro atoms. The highest BCUT2D eigenvalue weighted by Crippen LogP contribution is 2.12. The van der Waals surface area contributed by atoms with Crippen LogP contribution in [0.5, 0.6) is 5.75 Å². The summed E-state index contributed by atoms with van der Waals surface area (Å²) in [6.07, 6.45) is 0.877. The second kappa shape index (κ2) is 7.01. The van der Waals surface area contributed by atoms with Crippen molar-refractivity contribution in [1.82, 2.24) is 10.2 Å². The molecular formula is C14H22N2O2. The van der Waals surface area contributed by atoms with Crippen LogP contribution in [-0.2, 0) is 11.2 Å². The number of likely N-dealkylation sites (N-methyl/N-ethyl adjacent to an activating group) is 1. The van der Waals surface area contributed by atoms with E-state index in [1.807, 2.05) is 25.1 Å². The van der Waals surface area contributed by atoms with Gasteiger partial charge >= 0.3 is 0 Å². The smallest absolute Gasteiger partial charge is 0.238 e. The lowest BCUT2D eigenvalue weighted by molar-refractivity contribution is -0.130. The van der Waals surface area contributed by atoms with Gasteiger partial charge in [0.15, 0.2) is 0 Å². The quantitative estimate of drug-likeness (QED) is 0.827. The Morgan fingerprint density at radius 1 is 1.44 bits per heavy atom. The Balaban J connectivity index is 2.39. The Bertz CT molecular complexity index is 391. The van der Waals surface area contributed by atoms with E-state index >= 15 is 0 Å². The van der Waals surface area contributed by atoms with Gasteiger partial charge in [0.25, 0.3) is 0 Å². The predicted octanol–water partition coefficient (Wildman–Crippen LogP) is 1.30. The number of ether oxygens (including phenoxy) is 1. The van der Waals surface area contributed by atoms with Crippen LogP contribution in [0.4, 0.5) is 0 Å². The number of benzene rings is 1. The van der Waals surface area contributed by atoms with E-state index in [1.54, 1.807) is 26.1 Å². The SMILES string of the molecule is COc1cccc(CCNC(C)C(=O)N(C)C)c1. The first-order chi connectivity index (χ1) is 8.54. The van der Waals surface area contributed by atoms with Crippen LogP contribution in [0.25, 0.3) is 0 Å². The van der Waals surface area contributed by atoms with E-state index in [2.05, 4.69) is 11.4 Å². The molecule has 4 nitrogen and oxygen atoms in total. The molecule has 0 heterocycles. The molecule has 1 N–H and O–H groups in total. The predicted molar refractivity (Wildman–Crippen MR) is 72.9 cm³/mol. The first-order valence-electron chi connectivity index (χ1n) is 6.12. The minimum Gasteiger partial charge on any atom is -0.497 e. The molecule has 4 heteroatoms. The molecule has 0 aliphatic rings. The van der Waals surface area contributed by atoms with Crippen molar-refractivity contribution in [3.63, 3.8) is 0 Å². The van der Waals surface area contributed by atoms with E-state index < -0.39 is 0 Å². The van der Waals surface area contributed by atoms with Crippen LogP contribution in [0, 0.1) is 0 Å². The van der Waals surface area contributed by atoms with Crippen LogP contribution in [0.1, 0.15) is 12.5 Å². The molecule has 0 bridgehead atoms. The lowest BCUT2D eigenvalue weighted by Gasteiger charge is -2.18. The zero-order valence-electron chi connectivity index (χ0n) is 11.6. The summed E-state index contributed by atoms with van der Waals surface area (Å²) in [6, 6.07) is 7.83. The molecule has 18 heavy (non-hydrogen) atoms. The van der Waals surface area contributed by atoms with Crippen molar-refractivity contribution in [2.24, 2.45) is 0 Å². The fourth-order valence-electron chi connectivity index (χ4n) is 1.74. The van der Waals surface area contributed by atoms with Gasteiger partial charge in [0.05, 0.1) is 13.2 Å². The second-order valence-corrected chi connectivity index (χ2v) is 4.51. The maximum Gasteiger partial charge on any atom is 0.238 e. The van der Waals surface area contributed by atoms with Gasteiger partial charge in [-0.15, -0.1) is 0 Å². The van der Waals surface area contributed by atoms with Crippen molar-refractivity contribution < 1.29 is 9.53 Å². The molecule has 0 saturated carbocycles. The van der Waals surface area contributed by atoms with Gasteiger partial charge in [-0.25, -0.2) is 0 Å². The first-order valence-corrected chi connectivity index (χ1v) is 6.12. The van der Waals surface area contributed by atoms with Crippen LogP contribution in [0.2, 0.25) is 0 Å². The molecule has 0 saturated heterocycles. The average molecular weight is 250 g/mol. The molecule has 1 aromatic carbocycles. The number of carbonyl (C=O) groups excluding carboxylic acids is 1. The van der Waals surface area contributed by atoms with Gasteiger partial charge < -0.3 is 15.0 Å². The van der Waals surface area contributed by atoms with Gasteiger partial charge in [-0.2, -0.15) is 0 Å². The number of rotatable bonds is 6. The minimum absolute atomic E-state index is 0.0978. The molecule has 1 rings (SSSR count). The van der Waals surface area contributed by atoms with Crippen molar-refractivity contribution in [2.45, 2.75) is 19.4 Å². The van der Waals surface area contributed by atoms with E-state index in [-0.39, 0.29) is 11.9 Å². The molecule has 1 aromatic rings. The van der Waals surface area contributed by atoms with Crippen LogP contribution >= 0.6 is 0 Å². The molecule has 0 radical (unpaired) electrons. The molecule has 1 unspecified atom stereocenters. The fraction of sp³-hybridized carbons (Fsp3) is 0.500. The standard InChI is InChI=1S/C14H22N2O2/c1-11(14(17)16(2)3)15-9-8-12-6-5-7-13(10-12)18-4/h5-7,10-11,15H,8-9H2,1-4H3. The Morgan fingerprint density at radius 2 is 2.17 bits per heavy atom. The normalized spacial score (nSPS) is 12.0. The van der Waals surface area contributed by atoms with Gasteiger partial charge in [-0.05, 0) is 37.6 Å². The highest BCUT2D eigenvalue weighted by molar-refractivity contribution is 5.80. The third-order valence-corrected chi connectivity index (χ3v) is 2.81. The van der Waals surface area contributed by atoms with Crippen molar-refractivity contribution in [3.05, 3.63) is 29.8 Å². The summed E-state index contributed by atoms with van der Waals surface area (Å²) in [5.74, 6) is 0.963. The summed E-state index contributed by atoms with van der Waals surface area (Å²) in [5.41, 5.74) is 1.20. The van der Waals surface area contributed by atoms with Gasteiger partial charge in [0, 0.05) is 14.1 Å². The summed E-state index contributed by atoms with van der Waals surface area (Å²) in [4.78, 5) is 13.2. The Labute approximate surface area is 109 Å². The van der Waals surface area contributed by atoms with E-state index in [1.165, 1.54) is 5.56 Å². The number of nitrogens with zero attached hydrogens (tertiary/aromatic N) is 1. The molecule has 0 aliphatic heterocycles. The molecule has 1 atom stereocenters. The van der Waals surface area contributed by atoms with Crippen LogP contribution in [0.15, 0.2) is 24.3 Å². The molecule has 0 aliphatic carbocycles. The van der Waals surface area contributed by atoms with Gasteiger partial charge in [0.2, 0.25) is 5.91 Å². The Morgan fingerprint density at radius 3 is 2.78 bits per heavy atom. The highest BCUT2D eigenvalue weighted by atomic mass is 16.5. The lowest BCUT2D eigenvalue weighted by atomic mass is 10.1. The number of hydrogen-bond acceptors (Lipinski definition) is 3. The maximum absolute atomic E-state index is 11.6. The monoisotopic (exact) mass is 250 g/mol. The number of methoxy groups -OCH3 is 1. The zero-order chi connectivity index (χ0) is 13.5. The van der Waals surface area contributed by atoms with Crippen molar-refractivity contribution in [1.29, 1.82) is 0 Å². The van der Waals surface area contributed by atoms with Gasteiger partial charge in [0.1, 0.15) is 5.75 Å². The topological polar surface area (TPSA) is 41.6 Å². The van der Waals surface area contributed by atoms with Crippen molar-refractivity contribution in [3.8, 4) is 5.75 Å². The number of amides is 1.